The van der Waals surface area contributed by atoms with E-state index < -0.39 is 22.0 Å². The number of carbonyl (C=O) groups is 2. The maximum absolute atomic E-state index is 13.1. The molecule has 3 aromatic carbocycles. The number of nitrogens with one attached hydrogen (secondary N) is 2. The summed E-state index contributed by atoms with van der Waals surface area (Å²) in [5, 5.41) is 5.62. The third-order valence-electron chi connectivity index (χ3n) is 6.23. The standard InChI is InChI=1S/C29H35N3O4S/c1-19-11-16-26(17-20(19)2)32(37(7,35)36)21(3)27(33)30-24-9-8-10-25(18-24)31-28(34)22-12-14-23(15-13-22)29(4,5)6/h8-18,21H,1-7H3,(H,30,33)(H,31,34). The van der Waals surface area contributed by atoms with Gasteiger partial charge < -0.3 is 10.6 Å². The molecule has 3 rings (SSSR count). The van der Waals surface area contributed by atoms with Crippen LogP contribution >= 0.6 is 0 Å². The zero-order valence-corrected chi connectivity index (χ0v) is 23.2. The van der Waals surface area contributed by atoms with Gasteiger partial charge in [-0.1, -0.05) is 45.0 Å². The van der Waals surface area contributed by atoms with Crippen molar-refractivity contribution in [2.75, 3.05) is 21.2 Å². The van der Waals surface area contributed by atoms with Gasteiger partial charge in [-0.2, -0.15) is 0 Å². The fourth-order valence-electron chi connectivity index (χ4n) is 3.92. The topological polar surface area (TPSA) is 95.6 Å². The Balaban J connectivity index is 1.75. The van der Waals surface area contributed by atoms with Gasteiger partial charge in [0.2, 0.25) is 15.9 Å². The van der Waals surface area contributed by atoms with Crippen LogP contribution in [-0.4, -0.2) is 32.5 Å². The maximum atomic E-state index is 13.1. The summed E-state index contributed by atoms with van der Waals surface area (Å²) in [6, 6.07) is 18.5. The molecule has 0 heterocycles. The first-order valence-corrected chi connectivity index (χ1v) is 13.9. The summed E-state index contributed by atoms with van der Waals surface area (Å²) in [5.74, 6) is -0.764. The van der Waals surface area contributed by atoms with Crippen molar-refractivity contribution in [3.63, 3.8) is 0 Å². The quantitative estimate of drug-likeness (QED) is 0.420. The highest BCUT2D eigenvalue weighted by Gasteiger charge is 2.29. The van der Waals surface area contributed by atoms with E-state index in [4.69, 9.17) is 0 Å². The summed E-state index contributed by atoms with van der Waals surface area (Å²) >= 11 is 0. The molecule has 37 heavy (non-hydrogen) atoms. The van der Waals surface area contributed by atoms with Gasteiger partial charge in [-0.25, -0.2) is 8.42 Å². The number of anilines is 3. The van der Waals surface area contributed by atoms with Crippen molar-refractivity contribution < 1.29 is 18.0 Å². The van der Waals surface area contributed by atoms with Crippen molar-refractivity contribution in [2.24, 2.45) is 0 Å². The number of sulfonamides is 1. The van der Waals surface area contributed by atoms with Crippen molar-refractivity contribution in [3.05, 3.63) is 89.0 Å². The molecule has 0 saturated heterocycles. The Kier molecular flexibility index (Phi) is 8.12. The van der Waals surface area contributed by atoms with E-state index in [0.717, 1.165) is 27.3 Å². The SMILES string of the molecule is Cc1ccc(N(C(C)C(=O)Nc2cccc(NC(=O)c3ccc(C(C)(C)C)cc3)c2)S(C)(=O)=O)cc1C. The number of nitrogens with zero attached hydrogens (tertiary/aromatic N) is 1. The molecule has 2 amide bonds. The van der Waals surface area contributed by atoms with Gasteiger partial charge in [0.25, 0.3) is 5.91 Å². The van der Waals surface area contributed by atoms with Gasteiger partial charge in [0.15, 0.2) is 0 Å². The number of aryl methyl sites for hydroxylation is 2. The molecule has 0 aliphatic carbocycles. The molecule has 0 aromatic heterocycles. The average Bonchev–Trinajstić information content (AvgIpc) is 2.80. The van der Waals surface area contributed by atoms with Crippen LogP contribution in [0, 0.1) is 13.8 Å². The van der Waals surface area contributed by atoms with Crippen molar-refractivity contribution in [1.29, 1.82) is 0 Å². The Labute approximate surface area is 220 Å². The van der Waals surface area contributed by atoms with Gasteiger partial charge in [-0.05, 0) is 85.3 Å². The first kappa shape index (κ1) is 27.9. The van der Waals surface area contributed by atoms with Gasteiger partial charge in [0.05, 0.1) is 11.9 Å². The van der Waals surface area contributed by atoms with Crippen LogP contribution in [0.3, 0.4) is 0 Å². The molecule has 0 bridgehead atoms. The summed E-state index contributed by atoms with van der Waals surface area (Å²) in [5.41, 5.74) is 4.96. The smallest absolute Gasteiger partial charge is 0.255 e. The van der Waals surface area contributed by atoms with Gasteiger partial charge in [0, 0.05) is 16.9 Å². The van der Waals surface area contributed by atoms with Crippen LogP contribution in [0.2, 0.25) is 0 Å². The highest BCUT2D eigenvalue weighted by Crippen LogP contribution is 2.25. The Morgan fingerprint density at radius 2 is 1.43 bits per heavy atom. The number of carbonyl (C=O) groups excluding carboxylic acids is 2. The monoisotopic (exact) mass is 521 g/mol. The summed E-state index contributed by atoms with van der Waals surface area (Å²) in [7, 11) is -3.74. The van der Waals surface area contributed by atoms with Crippen LogP contribution in [0.1, 0.15) is 54.7 Å². The molecule has 8 heteroatoms. The lowest BCUT2D eigenvalue weighted by Crippen LogP contribution is -2.45. The first-order chi connectivity index (χ1) is 17.2. The molecule has 1 atom stereocenters. The van der Waals surface area contributed by atoms with Crippen molar-refractivity contribution in [3.8, 4) is 0 Å². The van der Waals surface area contributed by atoms with E-state index >= 15 is 0 Å². The van der Waals surface area contributed by atoms with Crippen LogP contribution in [-0.2, 0) is 20.2 Å². The van der Waals surface area contributed by atoms with E-state index in [9.17, 15) is 18.0 Å². The number of hydrogen-bond acceptors (Lipinski definition) is 4. The Hall–Kier alpha value is -3.65. The van der Waals surface area contributed by atoms with Crippen LogP contribution in [0.25, 0.3) is 0 Å². The number of amides is 2. The van der Waals surface area contributed by atoms with Gasteiger partial charge in [0.1, 0.15) is 6.04 Å². The fraction of sp³-hybridized carbons (Fsp3) is 0.310. The van der Waals surface area contributed by atoms with Gasteiger partial charge in [-0.15, -0.1) is 0 Å². The van der Waals surface area contributed by atoms with Crippen molar-refractivity contribution >= 4 is 38.9 Å². The molecule has 1 unspecified atom stereocenters. The molecule has 2 N–H and O–H groups in total. The van der Waals surface area contributed by atoms with Crippen molar-refractivity contribution in [2.45, 2.75) is 53.0 Å². The molecule has 0 aliphatic heterocycles. The lowest BCUT2D eigenvalue weighted by atomic mass is 9.87. The number of benzene rings is 3. The predicted molar refractivity (Wildman–Crippen MR) is 151 cm³/mol. The van der Waals surface area contributed by atoms with E-state index in [2.05, 4.69) is 31.4 Å². The minimum atomic E-state index is -3.74. The van der Waals surface area contributed by atoms with E-state index in [1.165, 1.54) is 0 Å². The Morgan fingerprint density at radius 3 is 1.97 bits per heavy atom. The second-order valence-electron chi connectivity index (χ2n) is 10.4. The Morgan fingerprint density at radius 1 is 0.838 bits per heavy atom. The Bertz CT molecular complexity index is 1410. The summed E-state index contributed by atoms with van der Waals surface area (Å²) in [6.45, 7) is 11.7. The third kappa shape index (κ3) is 6.98. The van der Waals surface area contributed by atoms with E-state index in [-0.39, 0.29) is 11.3 Å². The van der Waals surface area contributed by atoms with Crippen LogP contribution in [0.5, 0.6) is 0 Å². The average molecular weight is 522 g/mol. The minimum absolute atomic E-state index is 0.0103. The van der Waals surface area contributed by atoms with E-state index in [1.54, 1.807) is 55.5 Å². The molecule has 0 saturated carbocycles. The van der Waals surface area contributed by atoms with Gasteiger partial charge in [-0.3, -0.25) is 13.9 Å². The third-order valence-corrected chi connectivity index (χ3v) is 7.48. The zero-order chi connectivity index (χ0) is 27.5. The van der Waals surface area contributed by atoms with E-state index in [0.29, 0.717) is 22.6 Å². The van der Waals surface area contributed by atoms with Crippen LogP contribution in [0.15, 0.2) is 66.7 Å². The highest BCUT2D eigenvalue weighted by atomic mass is 32.2. The van der Waals surface area contributed by atoms with Crippen molar-refractivity contribution in [1.82, 2.24) is 0 Å². The molecular formula is C29H35N3O4S. The molecule has 0 radical (unpaired) electrons. The maximum Gasteiger partial charge on any atom is 0.255 e. The van der Waals surface area contributed by atoms with Crippen LogP contribution in [0.4, 0.5) is 17.1 Å². The summed E-state index contributed by atoms with van der Waals surface area (Å²) in [6.07, 6.45) is 1.08. The molecule has 0 aliphatic rings. The summed E-state index contributed by atoms with van der Waals surface area (Å²) < 4.78 is 26.3. The molecule has 0 spiro atoms. The molecule has 3 aromatic rings. The fourth-order valence-corrected chi connectivity index (χ4v) is 5.08. The largest absolute Gasteiger partial charge is 0.324 e. The number of hydrogen-bond donors (Lipinski definition) is 2. The second kappa shape index (κ2) is 10.8. The predicted octanol–water partition coefficient (Wildman–Crippen LogP) is 5.65. The first-order valence-electron chi connectivity index (χ1n) is 12.1. The lowest BCUT2D eigenvalue weighted by molar-refractivity contribution is -0.116. The molecule has 196 valence electrons. The van der Waals surface area contributed by atoms with Crippen LogP contribution < -0.4 is 14.9 Å². The second-order valence-corrected chi connectivity index (χ2v) is 12.2. The van der Waals surface area contributed by atoms with E-state index in [1.807, 2.05) is 32.0 Å². The van der Waals surface area contributed by atoms with Gasteiger partial charge >= 0.3 is 0 Å². The minimum Gasteiger partial charge on any atom is -0.324 e. The summed E-state index contributed by atoms with van der Waals surface area (Å²) in [4.78, 5) is 25.8. The highest BCUT2D eigenvalue weighted by molar-refractivity contribution is 7.92. The molecule has 0 fully saturated rings. The number of rotatable bonds is 7. The molecule has 7 nitrogen and oxygen atoms in total. The zero-order valence-electron chi connectivity index (χ0n) is 22.4. The normalized spacial score (nSPS) is 12.5. The lowest BCUT2D eigenvalue weighted by Gasteiger charge is -2.28. The molecular weight excluding hydrogens is 486 g/mol.